The Morgan fingerprint density at radius 1 is 1.24 bits per heavy atom. The Kier molecular flexibility index (Phi) is 5.35. The van der Waals surface area contributed by atoms with E-state index in [0.717, 1.165) is 6.42 Å². The van der Waals surface area contributed by atoms with Crippen molar-refractivity contribution in [1.29, 1.82) is 0 Å². The second-order valence-electron chi connectivity index (χ2n) is 5.74. The molecule has 17 heavy (non-hydrogen) atoms. The molecule has 1 unspecified atom stereocenters. The number of carbonyl (C=O) groups is 1. The van der Waals surface area contributed by atoms with Crippen LogP contribution in [0.3, 0.4) is 0 Å². The van der Waals surface area contributed by atoms with Crippen LogP contribution in [0.25, 0.3) is 0 Å². The molecule has 0 aromatic carbocycles. The van der Waals surface area contributed by atoms with Crippen molar-refractivity contribution in [3.8, 4) is 0 Å². The van der Waals surface area contributed by atoms with Gasteiger partial charge >= 0.3 is 0 Å². The molecule has 0 aromatic rings. The molecular formula is C12H25NO3S. The predicted octanol–water partition coefficient (Wildman–Crippen LogP) is 1.96. The first-order valence-electron chi connectivity index (χ1n) is 5.90. The summed E-state index contributed by atoms with van der Waals surface area (Å²) in [6.07, 6.45) is 1.30. The van der Waals surface area contributed by atoms with E-state index in [4.69, 9.17) is 0 Å². The van der Waals surface area contributed by atoms with E-state index in [1.807, 2.05) is 27.7 Å². The molecule has 0 spiro atoms. The Hall–Kier alpha value is -0.420. The standard InChI is InChI=1S/C12H25NO3S/c1-7-12(5,9-17(15,16)13-6)8-11(3,4)10(2)14/h13H,7-9H2,1-6H3. The van der Waals surface area contributed by atoms with E-state index in [1.54, 1.807) is 6.92 Å². The minimum atomic E-state index is -3.25. The molecule has 0 radical (unpaired) electrons. The summed E-state index contributed by atoms with van der Waals surface area (Å²) in [5, 5.41) is 0. The SMILES string of the molecule is CCC(C)(CC(C)(C)C(C)=O)CS(=O)(=O)NC. The van der Waals surface area contributed by atoms with Crippen molar-refractivity contribution in [3.63, 3.8) is 0 Å². The molecule has 1 N–H and O–H groups in total. The highest BCUT2D eigenvalue weighted by atomic mass is 32.2. The Bertz CT molecular complexity index is 373. The first-order valence-corrected chi connectivity index (χ1v) is 7.55. The van der Waals surface area contributed by atoms with E-state index in [1.165, 1.54) is 7.05 Å². The average molecular weight is 263 g/mol. The third-order valence-electron chi connectivity index (χ3n) is 3.52. The molecule has 0 rings (SSSR count). The smallest absolute Gasteiger partial charge is 0.211 e. The Morgan fingerprint density at radius 2 is 1.71 bits per heavy atom. The molecule has 0 saturated heterocycles. The maximum absolute atomic E-state index is 11.6. The largest absolute Gasteiger partial charge is 0.299 e. The Balaban J connectivity index is 5.00. The number of carbonyl (C=O) groups excluding carboxylic acids is 1. The van der Waals surface area contributed by atoms with Gasteiger partial charge in [0.2, 0.25) is 10.0 Å². The van der Waals surface area contributed by atoms with E-state index < -0.39 is 15.4 Å². The minimum absolute atomic E-state index is 0.0592. The number of sulfonamides is 1. The van der Waals surface area contributed by atoms with Gasteiger partial charge in [0.15, 0.2) is 0 Å². The second kappa shape index (κ2) is 5.48. The molecule has 1 atom stereocenters. The van der Waals surface area contributed by atoms with Gasteiger partial charge in [-0.25, -0.2) is 13.1 Å². The van der Waals surface area contributed by atoms with Crippen LogP contribution in [0.1, 0.15) is 47.5 Å². The van der Waals surface area contributed by atoms with Crippen molar-refractivity contribution in [2.45, 2.75) is 47.5 Å². The summed E-state index contributed by atoms with van der Waals surface area (Å²) in [7, 11) is -1.83. The van der Waals surface area contributed by atoms with Crippen molar-refractivity contribution in [2.75, 3.05) is 12.8 Å². The monoisotopic (exact) mass is 263 g/mol. The zero-order valence-electron chi connectivity index (χ0n) is 11.8. The quantitative estimate of drug-likeness (QED) is 0.763. The highest BCUT2D eigenvalue weighted by molar-refractivity contribution is 7.89. The molecule has 4 nitrogen and oxygen atoms in total. The number of Topliss-reactive ketones (excluding diaryl/α,β-unsaturated/α-hetero) is 1. The van der Waals surface area contributed by atoms with E-state index in [2.05, 4.69) is 4.72 Å². The summed E-state index contributed by atoms with van der Waals surface area (Å²) < 4.78 is 25.6. The summed E-state index contributed by atoms with van der Waals surface area (Å²) >= 11 is 0. The van der Waals surface area contributed by atoms with Crippen molar-refractivity contribution < 1.29 is 13.2 Å². The number of rotatable bonds is 7. The first kappa shape index (κ1) is 16.6. The average Bonchev–Trinajstić information content (AvgIpc) is 2.16. The molecule has 0 aliphatic heterocycles. The molecule has 0 fully saturated rings. The van der Waals surface area contributed by atoms with Crippen LogP contribution >= 0.6 is 0 Å². The Labute approximate surface area is 105 Å². The van der Waals surface area contributed by atoms with E-state index >= 15 is 0 Å². The predicted molar refractivity (Wildman–Crippen MR) is 70.3 cm³/mol. The van der Waals surface area contributed by atoms with Crippen LogP contribution in [-0.4, -0.2) is 27.0 Å². The zero-order chi connectivity index (χ0) is 13.9. The van der Waals surface area contributed by atoms with Crippen LogP contribution in [0.4, 0.5) is 0 Å². The zero-order valence-corrected chi connectivity index (χ0v) is 12.6. The first-order chi connectivity index (χ1) is 7.48. The molecular weight excluding hydrogens is 238 g/mol. The summed E-state index contributed by atoms with van der Waals surface area (Å²) in [5.74, 6) is 0.156. The van der Waals surface area contributed by atoms with E-state index in [-0.39, 0.29) is 17.0 Å². The number of nitrogens with one attached hydrogen (secondary N) is 1. The normalized spacial score (nSPS) is 16.6. The van der Waals surface area contributed by atoms with Gasteiger partial charge in [0, 0.05) is 5.41 Å². The molecule has 0 heterocycles. The van der Waals surface area contributed by atoms with Gasteiger partial charge < -0.3 is 0 Å². The second-order valence-corrected chi connectivity index (χ2v) is 7.67. The molecule has 0 aliphatic rings. The lowest BCUT2D eigenvalue weighted by atomic mass is 9.72. The third kappa shape index (κ3) is 5.17. The van der Waals surface area contributed by atoms with Crippen LogP contribution in [0.2, 0.25) is 0 Å². The Morgan fingerprint density at radius 3 is 2.00 bits per heavy atom. The lowest BCUT2D eigenvalue weighted by molar-refractivity contribution is -0.126. The molecule has 0 amide bonds. The van der Waals surface area contributed by atoms with Gasteiger partial charge in [-0.15, -0.1) is 0 Å². The summed E-state index contributed by atoms with van der Waals surface area (Å²) in [5.41, 5.74) is -0.856. The van der Waals surface area contributed by atoms with Gasteiger partial charge in [-0.05, 0) is 32.2 Å². The van der Waals surface area contributed by atoms with Gasteiger partial charge in [-0.2, -0.15) is 0 Å². The van der Waals surface area contributed by atoms with Gasteiger partial charge in [0.25, 0.3) is 0 Å². The van der Waals surface area contributed by atoms with Crippen LogP contribution < -0.4 is 4.72 Å². The fourth-order valence-electron chi connectivity index (χ4n) is 2.00. The van der Waals surface area contributed by atoms with Gasteiger partial charge in [0.05, 0.1) is 5.75 Å². The fraction of sp³-hybridized carbons (Fsp3) is 0.917. The van der Waals surface area contributed by atoms with Gasteiger partial charge in [0.1, 0.15) is 5.78 Å². The lowest BCUT2D eigenvalue weighted by Gasteiger charge is -2.35. The number of hydrogen-bond donors (Lipinski definition) is 1. The summed E-state index contributed by atoms with van der Waals surface area (Å²) in [4.78, 5) is 11.5. The third-order valence-corrected chi connectivity index (χ3v) is 5.22. The summed E-state index contributed by atoms with van der Waals surface area (Å²) in [6.45, 7) is 9.18. The van der Waals surface area contributed by atoms with E-state index in [9.17, 15) is 13.2 Å². The minimum Gasteiger partial charge on any atom is -0.299 e. The van der Waals surface area contributed by atoms with Crippen LogP contribution in [0.5, 0.6) is 0 Å². The lowest BCUT2D eigenvalue weighted by Crippen LogP contribution is -2.38. The maximum Gasteiger partial charge on any atom is 0.211 e. The molecule has 5 heteroatoms. The molecule has 0 aliphatic carbocycles. The van der Waals surface area contributed by atoms with Crippen molar-refractivity contribution in [2.24, 2.45) is 10.8 Å². The molecule has 0 bridgehead atoms. The topological polar surface area (TPSA) is 63.2 Å². The molecule has 0 aromatic heterocycles. The fourth-order valence-corrected chi connectivity index (χ4v) is 3.37. The van der Waals surface area contributed by atoms with Gasteiger partial charge in [-0.3, -0.25) is 4.79 Å². The molecule has 102 valence electrons. The van der Waals surface area contributed by atoms with Crippen LogP contribution in [-0.2, 0) is 14.8 Å². The number of ketones is 1. The molecule has 0 saturated carbocycles. The highest BCUT2D eigenvalue weighted by Gasteiger charge is 2.37. The van der Waals surface area contributed by atoms with Crippen molar-refractivity contribution in [1.82, 2.24) is 4.72 Å². The van der Waals surface area contributed by atoms with Crippen LogP contribution in [0, 0.1) is 10.8 Å². The van der Waals surface area contributed by atoms with Crippen molar-refractivity contribution >= 4 is 15.8 Å². The van der Waals surface area contributed by atoms with E-state index in [0.29, 0.717) is 6.42 Å². The summed E-state index contributed by atoms with van der Waals surface area (Å²) in [6, 6.07) is 0. The van der Waals surface area contributed by atoms with Crippen molar-refractivity contribution in [3.05, 3.63) is 0 Å². The van der Waals surface area contributed by atoms with Gasteiger partial charge in [-0.1, -0.05) is 27.7 Å². The highest BCUT2D eigenvalue weighted by Crippen LogP contribution is 2.37. The number of hydrogen-bond acceptors (Lipinski definition) is 3. The van der Waals surface area contributed by atoms with Crippen LogP contribution in [0.15, 0.2) is 0 Å². The maximum atomic E-state index is 11.6.